The van der Waals surface area contributed by atoms with E-state index in [2.05, 4.69) is 32.0 Å². The molecule has 2 fully saturated rings. The minimum Gasteiger partial charge on any atom is -0.123 e. The van der Waals surface area contributed by atoms with E-state index in [9.17, 15) is 0 Å². The molecule has 19 heavy (non-hydrogen) atoms. The van der Waals surface area contributed by atoms with Gasteiger partial charge < -0.3 is 0 Å². The van der Waals surface area contributed by atoms with Crippen molar-refractivity contribution in [3.8, 4) is 0 Å². The fourth-order valence-corrected chi connectivity index (χ4v) is 4.73. The molecular weight excluding hydrogens is 252 g/mol. The van der Waals surface area contributed by atoms with E-state index >= 15 is 0 Å². The monoisotopic (exact) mass is 276 g/mol. The lowest BCUT2D eigenvalue weighted by Crippen LogP contribution is -2.17. The SMILES string of the molecule is Cc1ccc(C)c(CC(Cl)CC2CC3CCC2C3)c1. The van der Waals surface area contributed by atoms with Gasteiger partial charge in [0.2, 0.25) is 0 Å². The smallest absolute Gasteiger partial charge is 0.0379 e. The molecule has 3 rings (SSSR count). The van der Waals surface area contributed by atoms with Crippen molar-refractivity contribution in [2.75, 3.05) is 0 Å². The molecule has 0 radical (unpaired) electrons. The first-order chi connectivity index (χ1) is 9.11. The second-order valence-electron chi connectivity index (χ2n) is 6.90. The molecule has 2 saturated carbocycles. The van der Waals surface area contributed by atoms with E-state index in [1.807, 2.05) is 0 Å². The summed E-state index contributed by atoms with van der Waals surface area (Å²) in [7, 11) is 0. The lowest BCUT2D eigenvalue weighted by molar-refractivity contribution is 0.310. The predicted molar refractivity (Wildman–Crippen MR) is 82.8 cm³/mol. The largest absolute Gasteiger partial charge is 0.123 e. The zero-order valence-corrected chi connectivity index (χ0v) is 12.9. The molecule has 0 spiro atoms. The zero-order valence-electron chi connectivity index (χ0n) is 12.2. The fourth-order valence-electron chi connectivity index (χ4n) is 4.34. The average molecular weight is 277 g/mol. The number of hydrogen-bond acceptors (Lipinski definition) is 0. The standard InChI is InChI=1S/C18H25Cl/c1-12-3-4-13(2)16(7-12)10-18(19)11-17-9-14-5-6-15(17)8-14/h3-4,7,14-15,17-18H,5-6,8-11H2,1-2H3. The Morgan fingerprint density at radius 3 is 2.74 bits per heavy atom. The van der Waals surface area contributed by atoms with Gasteiger partial charge in [-0.15, -0.1) is 11.6 Å². The van der Waals surface area contributed by atoms with Crippen LogP contribution in [0.2, 0.25) is 0 Å². The van der Waals surface area contributed by atoms with Gasteiger partial charge in [0.1, 0.15) is 0 Å². The number of rotatable bonds is 4. The van der Waals surface area contributed by atoms with Crippen LogP contribution in [-0.2, 0) is 6.42 Å². The van der Waals surface area contributed by atoms with Crippen molar-refractivity contribution in [1.29, 1.82) is 0 Å². The summed E-state index contributed by atoms with van der Waals surface area (Å²) < 4.78 is 0. The molecular formula is C18H25Cl. The Balaban J connectivity index is 1.59. The number of benzene rings is 1. The molecule has 2 aliphatic carbocycles. The quantitative estimate of drug-likeness (QED) is 0.657. The first-order valence-electron chi connectivity index (χ1n) is 7.82. The maximum absolute atomic E-state index is 6.66. The summed E-state index contributed by atoms with van der Waals surface area (Å²) >= 11 is 6.66. The second-order valence-corrected chi connectivity index (χ2v) is 7.52. The van der Waals surface area contributed by atoms with Crippen molar-refractivity contribution < 1.29 is 0 Å². The van der Waals surface area contributed by atoms with E-state index < -0.39 is 0 Å². The summed E-state index contributed by atoms with van der Waals surface area (Å²) in [4.78, 5) is 0. The third kappa shape index (κ3) is 2.99. The van der Waals surface area contributed by atoms with Crippen molar-refractivity contribution in [2.45, 2.75) is 57.7 Å². The molecule has 0 aromatic heterocycles. The van der Waals surface area contributed by atoms with Crippen LogP contribution in [0.5, 0.6) is 0 Å². The molecule has 4 unspecified atom stereocenters. The minimum atomic E-state index is 0.324. The van der Waals surface area contributed by atoms with Gasteiger partial charge >= 0.3 is 0 Å². The fraction of sp³-hybridized carbons (Fsp3) is 0.667. The van der Waals surface area contributed by atoms with Gasteiger partial charge in [-0.1, -0.05) is 30.2 Å². The number of hydrogen-bond donors (Lipinski definition) is 0. The third-order valence-corrected chi connectivity index (χ3v) is 5.72. The molecule has 0 amide bonds. The predicted octanol–water partition coefficient (Wildman–Crippen LogP) is 5.28. The van der Waals surface area contributed by atoms with Gasteiger partial charge in [0.25, 0.3) is 0 Å². The van der Waals surface area contributed by atoms with Crippen LogP contribution in [0.15, 0.2) is 18.2 Å². The molecule has 2 aliphatic rings. The Bertz CT molecular complexity index is 451. The summed E-state index contributed by atoms with van der Waals surface area (Å²) in [6, 6.07) is 6.73. The molecule has 4 atom stereocenters. The van der Waals surface area contributed by atoms with Gasteiger partial charge in [0, 0.05) is 5.38 Å². The molecule has 0 saturated heterocycles. The Hall–Kier alpha value is -0.490. The highest BCUT2D eigenvalue weighted by Gasteiger charge is 2.39. The number of halogens is 1. The van der Waals surface area contributed by atoms with Crippen LogP contribution in [0.1, 0.15) is 48.8 Å². The van der Waals surface area contributed by atoms with Gasteiger partial charge in [-0.2, -0.15) is 0 Å². The third-order valence-electron chi connectivity index (χ3n) is 5.39. The maximum atomic E-state index is 6.66. The van der Waals surface area contributed by atoms with Crippen LogP contribution >= 0.6 is 11.6 Å². The molecule has 0 N–H and O–H groups in total. The summed E-state index contributed by atoms with van der Waals surface area (Å²) in [5.74, 6) is 2.97. The Kier molecular flexibility index (Phi) is 3.89. The summed E-state index contributed by atoms with van der Waals surface area (Å²) in [6.45, 7) is 4.37. The molecule has 1 aromatic carbocycles. The highest BCUT2D eigenvalue weighted by Crippen LogP contribution is 2.50. The second kappa shape index (κ2) is 5.48. The first-order valence-corrected chi connectivity index (χ1v) is 8.25. The van der Waals surface area contributed by atoms with Gasteiger partial charge in [-0.25, -0.2) is 0 Å². The molecule has 1 aromatic rings. The van der Waals surface area contributed by atoms with Crippen LogP contribution in [0.4, 0.5) is 0 Å². The Morgan fingerprint density at radius 1 is 1.21 bits per heavy atom. The number of alkyl halides is 1. The molecule has 0 nitrogen and oxygen atoms in total. The average Bonchev–Trinajstić information content (AvgIpc) is 2.96. The first kappa shape index (κ1) is 13.5. The lowest BCUT2D eigenvalue weighted by atomic mass is 9.84. The summed E-state index contributed by atoms with van der Waals surface area (Å²) in [5, 5.41) is 0.324. The van der Waals surface area contributed by atoms with E-state index in [0.717, 1.165) is 24.2 Å². The van der Waals surface area contributed by atoms with E-state index in [1.165, 1.54) is 48.8 Å². The van der Waals surface area contributed by atoms with Crippen molar-refractivity contribution in [3.63, 3.8) is 0 Å². The van der Waals surface area contributed by atoms with E-state index in [1.54, 1.807) is 0 Å². The Labute approximate surface area is 122 Å². The van der Waals surface area contributed by atoms with Crippen molar-refractivity contribution >= 4 is 11.6 Å². The van der Waals surface area contributed by atoms with Gasteiger partial charge in [0.05, 0.1) is 0 Å². The zero-order chi connectivity index (χ0) is 13.4. The van der Waals surface area contributed by atoms with Crippen molar-refractivity contribution in [3.05, 3.63) is 34.9 Å². The highest BCUT2D eigenvalue weighted by atomic mass is 35.5. The highest BCUT2D eigenvalue weighted by molar-refractivity contribution is 6.20. The lowest BCUT2D eigenvalue weighted by Gasteiger charge is -2.24. The summed E-state index contributed by atoms with van der Waals surface area (Å²) in [6.07, 6.45) is 8.20. The summed E-state index contributed by atoms with van der Waals surface area (Å²) in [5.41, 5.74) is 4.19. The van der Waals surface area contributed by atoms with Gasteiger partial charge in [0.15, 0.2) is 0 Å². The van der Waals surface area contributed by atoms with Crippen LogP contribution in [0.3, 0.4) is 0 Å². The van der Waals surface area contributed by atoms with Gasteiger partial charge in [-0.3, -0.25) is 0 Å². The number of aryl methyl sites for hydroxylation is 2. The minimum absolute atomic E-state index is 0.324. The van der Waals surface area contributed by atoms with Crippen LogP contribution in [0.25, 0.3) is 0 Å². The van der Waals surface area contributed by atoms with Gasteiger partial charge in [-0.05, 0) is 74.8 Å². The van der Waals surface area contributed by atoms with E-state index in [4.69, 9.17) is 11.6 Å². The van der Waals surface area contributed by atoms with Crippen LogP contribution in [0, 0.1) is 31.6 Å². The van der Waals surface area contributed by atoms with Crippen LogP contribution < -0.4 is 0 Å². The topological polar surface area (TPSA) is 0 Å². The normalized spacial score (nSPS) is 30.8. The molecule has 0 aliphatic heterocycles. The molecule has 0 heterocycles. The van der Waals surface area contributed by atoms with E-state index in [0.29, 0.717) is 5.38 Å². The molecule has 104 valence electrons. The van der Waals surface area contributed by atoms with Crippen LogP contribution in [-0.4, -0.2) is 5.38 Å². The van der Waals surface area contributed by atoms with E-state index in [-0.39, 0.29) is 0 Å². The molecule has 1 heteroatoms. The Morgan fingerprint density at radius 2 is 2.05 bits per heavy atom. The van der Waals surface area contributed by atoms with Crippen molar-refractivity contribution in [2.24, 2.45) is 17.8 Å². The number of fused-ring (bicyclic) bond motifs is 2. The molecule has 2 bridgehead atoms. The maximum Gasteiger partial charge on any atom is 0.0379 e. The van der Waals surface area contributed by atoms with Crippen molar-refractivity contribution in [1.82, 2.24) is 0 Å².